The van der Waals surface area contributed by atoms with Crippen molar-refractivity contribution in [2.75, 3.05) is 13.2 Å². The van der Waals surface area contributed by atoms with E-state index in [4.69, 9.17) is 4.74 Å². The van der Waals surface area contributed by atoms with Crippen molar-refractivity contribution in [3.05, 3.63) is 42.0 Å². The average Bonchev–Trinajstić information content (AvgIpc) is 2.25. The van der Waals surface area contributed by atoms with Gasteiger partial charge in [0.15, 0.2) is 17.4 Å². The summed E-state index contributed by atoms with van der Waals surface area (Å²) in [5.74, 6) is -1.72. The van der Waals surface area contributed by atoms with Crippen LogP contribution in [0.3, 0.4) is 0 Å². The van der Waals surface area contributed by atoms with E-state index >= 15 is 0 Å². The zero-order valence-electron chi connectivity index (χ0n) is 9.22. The van der Waals surface area contributed by atoms with Gasteiger partial charge in [0.1, 0.15) is 6.61 Å². The van der Waals surface area contributed by atoms with Gasteiger partial charge in [-0.15, -0.1) is 0 Å². The molecule has 0 bridgehead atoms. The summed E-state index contributed by atoms with van der Waals surface area (Å²) in [5.41, 5.74) is 0.558. The quantitative estimate of drug-likeness (QED) is 0.754. The first-order chi connectivity index (χ1) is 7.69. The number of benzene rings is 1. The minimum Gasteiger partial charge on any atom is -0.483 e. The Balaban J connectivity index is 2.84. The van der Waals surface area contributed by atoms with Gasteiger partial charge in [0, 0.05) is 6.54 Å². The number of hydrogen-bond acceptors (Lipinski definition) is 2. The predicted molar refractivity (Wildman–Crippen MR) is 59.4 cm³/mol. The Morgan fingerprint density at radius 2 is 2.00 bits per heavy atom. The highest BCUT2D eigenvalue weighted by atomic mass is 19.1. The van der Waals surface area contributed by atoms with Crippen LogP contribution in [0.5, 0.6) is 5.75 Å². The second-order valence-corrected chi connectivity index (χ2v) is 3.27. The topological polar surface area (TPSA) is 21.3 Å². The van der Waals surface area contributed by atoms with Crippen LogP contribution in [-0.2, 0) is 6.54 Å². The number of nitrogens with one attached hydrogen (secondary N) is 1. The van der Waals surface area contributed by atoms with Gasteiger partial charge in [-0.1, -0.05) is 19.6 Å². The van der Waals surface area contributed by atoms with Crippen LogP contribution in [-0.4, -0.2) is 13.2 Å². The Morgan fingerprint density at radius 3 is 2.50 bits per heavy atom. The monoisotopic (exact) mass is 227 g/mol. The van der Waals surface area contributed by atoms with Gasteiger partial charge >= 0.3 is 0 Å². The van der Waals surface area contributed by atoms with Crippen LogP contribution in [0.4, 0.5) is 8.78 Å². The van der Waals surface area contributed by atoms with Crippen molar-refractivity contribution in [1.82, 2.24) is 5.32 Å². The van der Waals surface area contributed by atoms with Gasteiger partial charge in [-0.25, -0.2) is 8.78 Å². The van der Waals surface area contributed by atoms with Gasteiger partial charge < -0.3 is 10.1 Å². The number of halogens is 2. The molecule has 16 heavy (non-hydrogen) atoms. The van der Waals surface area contributed by atoms with Crippen LogP contribution >= 0.6 is 0 Å². The molecule has 1 aromatic rings. The van der Waals surface area contributed by atoms with Crippen molar-refractivity contribution < 1.29 is 13.5 Å². The first-order valence-electron chi connectivity index (χ1n) is 5.11. The average molecular weight is 227 g/mol. The third-order valence-electron chi connectivity index (χ3n) is 1.98. The maximum Gasteiger partial charge on any atom is 0.191 e. The molecule has 0 radical (unpaired) electrons. The third-order valence-corrected chi connectivity index (χ3v) is 1.98. The second kappa shape index (κ2) is 6.23. The van der Waals surface area contributed by atoms with E-state index in [-0.39, 0.29) is 12.4 Å². The highest BCUT2D eigenvalue weighted by Gasteiger charge is 2.11. The molecule has 1 rings (SSSR count). The molecule has 0 spiro atoms. The van der Waals surface area contributed by atoms with E-state index in [1.807, 2.05) is 6.92 Å². The second-order valence-electron chi connectivity index (χ2n) is 3.27. The molecule has 88 valence electrons. The van der Waals surface area contributed by atoms with E-state index in [1.54, 1.807) is 0 Å². The predicted octanol–water partition coefficient (Wildman–Crippen LogP) is 2.64. The molecule has 0 fully saturated rings. The van der Waals surface area contributed by atoms with Gasteiger partial charge in [-0.05, 0) is 24.2 Å². The van der Waals surface area contributed by atoms with Gasteiger partial charge in [0.25, 0.3) is 0 Å². The molecule has 1 N–H and O–H groups in total. The SMILES string of the molecule is C=CCOc1c(F)cc(CNCC)cc1F. The highest BCUT2D eigenvalue weighted by Crippen LogP contribution is 2.23. The molecule has 0 amide bonds. The first kappa shape index (κ1) is 12.6. The van der Waals surface area contributed by atoms with Crippen LogP contribution in [0.1, 0.15) is 12.5 Å². The summed E-state index contributed by atoms with van der Waals surface area (Å²) in [6, 6.07) is 2.54. The van der Waals surface area contributed by atoms with E-state index in [9.17, 15) is 8.78 Å². The molecule has 4 heteroatoms. The standard InChI is InChI=1S/C12H15F2NO/c1-3-5-16-12-10(13)6-9(7-11(12)14)8-15-4-2/h3,6-7,15H,1,4-5,8H2,2H3. The number of hydrogen-bond donors (Lipinski definition) is 1. The smallest absolute Gasteiger partial charge is 0.191 e. The van der Waals surface area contributed by atoms with Crippen molar-refractivity contribution in [3.63, 3.8) is 0 Å². The molecule has 0 aliphatic heterocycles. The summed E-state index contributed by atoms with van der Waals surface area (Å²) in [4.78, 5) is 0. The fraction of sp³-hybridized carbons (Fsp3) is 0.333. The largest absolute Gasteiger partial charge is 0.483 e. The Kier molecular flexibility index (Phi) is 4.92. The maximum atomic E-state index is 13.4. The normalized spacial score (nSPS) is 10.2. The molecule has 1 aromatic carbocycles. The lowest BCUT2D eigenvalue weighted by atomic mass is 10.2. The summed E-state index contributed by atoms with van der Waals surface area (Å²) in [6.45, 7) is 6.61. The molecular formula is C12H15F2NO. The molecule has 0 saturated heterocycles. The lowest BCUT2D eigenvalue weighted by molar-refractivity contribution is 0.320. The molecule has 0 atom stereocenters. The van der Waals surface area contributed by atoms with Crippen LogP contribution < -0.4 is 10.1 Å². The molecule has 2 nitrogen and oxygen atoms in total. The molecule has 0 saturated carbocycles. The highest BCUT2D eigenvalue weighted by molar-refractivity contribution is 5.31. The fourth-order valence-electron chi connectivity index (χ4n) is 1.26. The van der Waals surface area contributed by atoms with E-state index in [2.05, 4.69) is 11.9 Å². The van der Waals surface area contributed by atoms with E-state index < -0.39 is 11.6 Å². The van der Waals surface area contributed by atoms with E-state index in [0.29, 0.717) is 12.1 Å². The van der Waals surface area contributed by atoms with Gasteiger partial charge in [0.2, 0.25) is 0 Å². The Bertz CT molecular complexity index is 343. The molecule has 0 heterocycles. The first-order valence-corrected chi connectivity index (χ1v) is 5.11. The molecule has 0 aromatic heterocycles. The number of ether oxygens (including phenoxy) is 1. The minimum atomic E-state index is -0.685. The molecular weight excluding hydrogens is 212 g/mol. The third kappa shape index (κ3) is 3.31. The van der Waals surface area contributed by atoms with Crippen molar-refractivity contribution in [3.8, 4) is 5.75 Å². The van der Waals surface area contributed by atoms with Gasteiger partial charge in [-0.3, -0.25) is 0 Å². The lowest BCUT2D eigenvalue weighted by Crippen LogP contribution is -2.12. The van der Waals surface area contributed by atoms with Crippen LogP contribution in [0.2, 0.25) is 0 Å². The van der Waals surface area contributed by atoms with Gasteiger partial charge in [0.05, 0.1) is 0 Å². The van der Waals surface area contributed by atoms with Crippen molar-refractivity contribution >= 4 is 0 Å². The maximum absolute atomic E-state index is 13.4. The summed E-state index contributed by atoms with van der Waals surface area (Å²) in [6.07, 6.45) is 1.44. The van der Waals surface area contributed by atoms with Gasteiger partial charge in [-0.2, -0.15) is 0 Å². The lowest BCUT2D eigenvalue weighted by Gasteiger charge is -2.08. The number of rotatable bonds is 6. The Hall–Kier alpha value is -1.42. The zero-order chi connectivity index (χ0) is 12.0. The zero-order valence-corrected chi connectivity index (χ0v) is 9.22. The van der Waals surface area contributed by atoms with Crippen molar-refractivity contribution in [2.24, 2.45) is 0 Å². The fourth-order valence-corrected chi connectivity index (χ4v) is 1.26. The van der Waals surface area contributed by atoms with E-state index in [0.717, 1.165) is 6.54 Å². The summed E-state index contributed by atoms with van der Waals surface area (Å²) in [5, 5.41) is 2.99. The van der Waals surface area contributed by atoms with Crippen molar-refractivity contribution in [1.29, 1.82) is 0 Å². The Morgan fingerprint density at radius 1 is 1.38 bits per heavy atom. The summed E-state index contributed by atoms with van der Waals surface area (Å²) in [7, 11) is 0. The van der Waals surface area contributed by atoms with Crippen LogP contribution in [0, 0.1) is 11.6 Å². The Labute approximate surface area is 93.9 Å². The van der Waals surface area contributed by atoms with E-state index in [1.165, 1.54) is 18.2 Å². The van der Waals surface area contributed by atoms with Crippen LogP contribution in [0.25, 0.3) is 0 Å². The molecule has 0 aliphatic carbocycles. The van der Waals surface area contributed by atoms with Crippen molar-refractivity contribution in [2.45, 2.75) is 13.5 Å². The summed E-state index contributed by atoms with van der Waals surface area (Å²) >= 11 is 0. The minimum absolute atomic E-state index is 0.0837. The molecule has 0 unspecified atom stereocenters. The van der Waals surface area contributed by atoms with Crippen LogP contribution in [0.15, 0.2) is 24.8 Å². The molecule has 0 aliphatic rings. The summed E-state index contributed by atoms with van der Waals surface area (Å²) < 4.78 is 31.8.